The molecule has 3 aromatic rings. The molecule has 2 aromatic heterocycles. The molecule has 33 heavy (non-hydrogen) atoms. The van der Waals surface area contributed by atoms with E-state index in [9.17, 15) is 13.2 Å². The van der Waals surface area contributed by atoms with Crippen LogP contribution in [-0.2, 0) is 26.1 Å². The summed E-state index contributed by atoms with van der Waals surface area (Å²) in [6.45, 7) is 9.79. The molecular formula is C24H30N4O4S. The second-order valence-electron chi connectivity index (χ2n) is 8.02. The fourth-order valence-electron chi connectivity index (χ4n) is 3.76. The number of fused-ring (bicyclic) bond motifs is 1. The third kappa shape index (κ3) is 5.15. The minimum atomic E-state index is -3.91. The van der Waals surface area contributed by atoms with Crippen LogP contribution in [-0.4, -0.2) is 52.9 Å². The maximum Gasteiger partial charge on any atom is 0.325 e. The van der Waals surface area contributed by atoms with Gasteiger partial charge in [-0.2, -0.15) is 4.31 Å². The van der Waals surface area contributed by atoms with Crippen LogP contribution >= 0.6 is 0 Å². The average Bonchev–Trinajstić information content (AvgIpc) is 3.12. The summed E-state index contributed by atoms with van der Waals surface area (Å²) in [5.74, 6) is 0.0566. The molecular weight excluding hydrogens is 440 g/mol. The first-order valence-electron chi connectivity index (χ1n) is 10.8. The lowest BCUT2D eigenvalue weighted by Crippen LogP contribution is -2.47. The van der Waals surface area contributed by atoms with Gasteiger partial charge in [0.05, 0.1) is 16.6 Å². The number of aryl methyl sites for hydroxylation is 1. The summed E-state index contributed by atoms with van der Waals surface area (Å²) in [5.41, 5.74) is 2.71. The number of esters is 1. The highest BCUT2D eigenvalue weighted by molar-refractivity contribution is 7.89. The standard InChI is InChI=1S/C24H30N4O4S/c1-6-14-32-24(29)23(17(3)7-2)27(5)33(30,31)20-10-8-19(9-11-20)16-28-18(4)26-21-15-25-13-12-22(21)28/h6,8-13,15,17,23H,1,7,14,16H2,2-5H3/t17-,23-/m0/s1. The van der Waals surface area contributed by atoms with Crippen LogP contribution in [0.3, 0.4) is 0 Å². The minimum absolute atomic E-state index is 0.0345. The maximum absolute atomic E-state index is 13.3. The monoisotopic (exact) mass is 470 g/mol. The summed E-state index contributed by atoms with van der Waals surface area (Å²) < 4.78 is 35.0. The van der Waals surface area contributed by atoms with Gasteiger partial charge in [-0.25, -0.2) is 13.4 Å². The van der Waals surface area contributed by atoms with Crippen LogP contribution in [0.2, 0.25) is 0 Å². The number of carbonyl (C=O) groups excluding carboxylic acids is 1. The first-order chi connectivity index (χ1) is 15.7. The maximum atomic E-state index is 13.3. The number of hydrogen-bond donors (Lipinski definition) is 0. The smallest absolute Gasteiger partial charge is 0.325 e. The van der Waals surface area contributed by atoms with Crippen LogP contribution in [0.4, 0.5) is 0 Å². The molecule has 9 heteroatoms. The number of ether oxygens (including phenoxy) is 1. The highest BCUT2D eigenvalue weighted by atomic mass is 32.2. The van der Waals surface area contributed by atoms with Crippen molar-refractivity contribution in [3.63, 3.8) is 0 Å². The Morgan fingerprint density at radius 3 is 2.61 bits per heavy atom. The summed E-state index contributed by atoms with van der Waals surface area (Å²) in [6.07, 6.45) is 5.53. The lowest BCUT2D eigenvalue weighted by molar-refractivity contribution is -0.148. The van der Waals surface area contributed by atoms with Crippen molar-refractivity contribution in [2.45, 2.75) is 44.7 Å². The van der Waals surface area contributed by atoms with Crippen molar-refractivity contribution < 1.29 is 17.9 Å². The molecule has 8 nitrogen and oxygen atoms in total. The molecule has 0 spiro atoms. The zero-order chi connectivity index (χ0) is 24.2. The molecule has 0 unspecified atom stereocenters. The van der Waals surface area contributed by atoms with Crippen molar-refractivity contribution in [3.8, 4) is 0 Å². The fourth-order valence-corrected chi connectivity index (χ4v) is 5.16. The predicted octanol–water partition coefficient (Wildman–Crippen LogP) is 3.55. The Hall–Kier alpha value is -3.04. The second kappa shape index (κ2) is 10.3. The Morgan fingerprint density at radius 1 is 1.27 bits per heavy atom. The molecule has 1 aromatic carbocycles. The summed E-state index contributed by atoms with van der Waals surface area (Å²) in [6, 6.07) is 7.68. The van der Waals surface area contributed by atoms with Crippen molar-refractivity contribution in [2.75, 3.05) is 13.7 Å². The second-order valence-corrected chi connectivity index (χ2v) is 10.0. The van der Waals surface area contributed by atoms with Gasteiger partial charge in [-0.15, -0.1) is 0 Å². The van der Waals surface area contributed by atoms with Crippen LogP contribution in [0, 0.1) is 12.8 Å². The molecule has 0 aliphatic carbocycles. The molecule has 0 bridgehead atoms. The van der Waals surface area contributed by atoms with E-state index < -0.39 is 22.0 Å². The molecule has 0 saturated carbocycles. The molecule has 0 aliphatic heterocycles. The van der Waals surface area contributed by atoms with E-state index in [-0.39, 0.29) is 17.4 Å². The Balaban J connectivity index is 1.85. The Bertz CT molecular complexity index is 1240. The van der Waals surface area contributed by atoms with Crippen molar-refractivity contribution in [2.24, 2.45) is 5.92 Å². The van der Waals surface area contributed by atoms with E-state index in [4.69, 9.17) is 4.74 Å². The predicted molar refractivity (Wildman–Crippen MR) is 127 cm³/mol. The largest absolute Gasteiger partial charge is 0.460 e. The normalized spacial score (nSPS) is 13.7. The first-order valence-corrected chi connectivity index (χ1v) is 12.3. The number of rotatable bonds is 10. The molecule has 0 radical (unpaired) electrons. The number of sulfonamides is 1. The van der Waals surface area contributed by atoms with Crippen LogP contribution in [0.15, 0.2) is 60.3 Å². The van der Waals surface area contributed by atoms with Gasteiger partial charge in [0.15, 0.2) is 0 Å². The van der Waals surface area contributed by atoms with Gasteiger partial charge in [-0.1, -0.05) is 45.1 Å². The highest BCUT2D eigenvalue weighted by Crippen LogP contribution is 2.24. The van der Waals surface area contributed by atoms with Gasteiger partial charge in [0, 0.05) is 19.8 Å². The number of carbonyl (C=O) groups is 1. The molecule has 0 fully saturated rings. The lowest BCUT2D eigenvalue weighted by Gasteiger charge is -2.29. The van der Waals surface area contributed by atoms with Crippen LogP contribution in [0.25, 0.3) is 11.0 Å². The van der Waals surface area contributed by atoms with Gasteiger partial charge in [0.2, 0.25) is 10.0 Å². The van der Waals surface area contributed by atoms with Crippen molar-refractivity contribution >= 4 is 27.0 Å². The Kier molecular flexibility index (Phi) is 7.65. The third-order valence-corrected chi connectivity index (χ3v) is 7.70. The number of likely N-dealkylation sites (N-methyl/N-ethyl adjacent to an activating group) is 1. The van der Waals surface area contributed by atoms with E-state index >= 15 is 0 Å². The summed E-state index contributed by atoms with van der Waals surface area (Å²) >= 11 is 0. The Labute approximate surface area is 195 Å². The number of nitrogens with zero attached hydrogens (tertiary/aromatic N) is 4. The van der Waals surface area contributed by atoms with Gasteiger partial charge < -0.3 is 9.30 Å². The number of aromatic nitrogens is 3. The van der Waals surface area contributed by atoms with Gasteiger partial charge in [0.25, 0.3) is 0 Å². The molecule has 0 N–H and O–H groups in total. The molecule has 3 rings (SSSR count). The number of hydrogen-bond acceptors (Lipinski definition) is 6. The number of benzene rings is 1. The number of imidazole rings is 1. The fraction of sp³-hybridized carbons (Fsp3) is 0.375. The minimum Gasteiger partial charge on any atom is -0.460 e. The van der Waals surface area contributed by atoms with E-state index in [1.54, 1.807) is 36.7 Å². The summed E-state index contributed by atoms with van der Waals surface area (Å²) in [7, 11) is -2.48. The Morgan fingerprint density at radius 2 is 1.97 bits per heavy atom. The lowest BCUT2D eigenvalue weighted by atomic mass is 9.99. The summed E-state index contributed by atoms with van der Waals surface area (Å²) in [5, 5.41) is 0. The highest BCUT2D eigenvalue weighted by Gasteiger charge is 2.37. The zero-order valence-electron chi connectivity index (χ0n) is 19.4. The SMILES string of the molecule is C=CCOC(=O)[C@H]([C@@H](C)CC)N(C)S(=O)(=O)c1ccc(Cn2c(C)nc3cnccc32)cc1. The number of pyridine rings is 1. The average molecular weight is 471 g/mol. The van der Waals surface area contributed by atoms with Crippen molar-refractivity contribution in [1.82, 2.24) is 18.8 Å². The van der Waals surface area contributed by atoms with Crippen molar-refractivity contribution in [3.05, 3.63) is 66.8 Å². The molecule has 2 heterocycles. The zero-order valence-corrected chi connectivity index (χ0v) is 20.2. The van der Waals surface area contributed by atoms with E-state index in [0.717, 1.165) is 26.7 Å². The molecule has 2 atom stereocenters. The molecule has 0 saturated heterocycles. The van der Waals surface area contributed by atoms with E-state index in [1.807, 2.05) is 26.8 Å². The van der Waals surface area contributed by atoms with Gasteiger partial charge >= 0.3 is 5.97 Å². The van der Waals surface area contributed by atoms with Gasteiger partial charge in [-0.05, 0) is 36.6 Å². The quantitative estimate of drug-likeness (QED) is 0.332. The van der Waals surface area contributed by atoms with Gasteiger partial charge in [-0.3, -0.25) is 9.78 Å². The van der Waals surface area contributed by atoms with E-state index in [1.165, 1.54) is 13.1 Å². The third-order valence-electron chi connectivity index (χ3n) is 5.84. The van der Waals surface area contributed by atoms with Crippen LogP contribution in [0.5, 0.6) is 0 Å². The van der Waals surface area contributed by atoms with E-state index in [2.05, 4.69) is 21.1 Å². The van der Waals surface area contributed by atoms with Crippen LogP contribution in [0.1, 0.15) is 31.7 Å². The molecule has 0 aliphatic rings. The topological polar surface area (TPSA) is 94.4 Å². The molecule has 0 amide bonds. The van der Waals surface area contributed by atoms with Gasteiger partial charge in [0.1, 0.15) is 24.0 Å². The first kappa shape index (κ1) is 24.6. The van der Waals surface area contributed by atoms with Crippen molar-refractivity contribution in [1.29, 1.82) is 0 Å². The summed E-state index contributed by atoms with van der Waals surface area (Å²) in [4.78, 5) is 21.3. The molecule has 176 valence electrons. The van der Waals surface area contributed by atoms with Crippen LogP contribution < -0.4 is 0 Å². The van der Waals surface area contributed by atoms with E-state index in [0.29, 0.717) is 13.0 Å².